The molecular formula is C16H19N3O2. The number of benzene rings is 2. The summed E-state index contributed by atoms with van der Waals surface area (Å²) in [5.41, 5.74) is 4.50. The van der Waals surface area contributed by atoms with E-state index in [2.05, 4.69) is 5.43 Å². The van der Waals surface area contributed by atoms with Crippen LogP contribution in [0, 0.1) is 0 Å². The minimum atomic E-state index is -0.323. The quantitative estimate of drug-likeness (QED) is 0.500. The second-order valence-corrected chi connectivity index (χ2v) is 4.81. The molecule has 0 saturated heterocycles. The van der Waals surface area contributed by atoms with Crippen molar-refractivity contribution in [2.24, 2.45) is 5.84 Å². The summed E-state index contributed by atoms with van der Waals surface area (Å²) < 4.78 is 5.77. The molecule has 0 aliphatic rings. The summed E-state index contributed by atoms with van der Waals surface area (Å²) in [5, 5.41) is 0. The van der Waals surface area contributed by atoms with E-state index in [0.29, 0.717) is 12.2 Å². The van der Waals surface area contributed by atoms with Gasteiger partial charge in [0.1, 0.15) is 12.4 Å². The molecule has 0 spiro atoms. The molecule has 0 aliphatic heterocycles. The lowest BCUT2D eigenvalue weighted by atomic mass is 10.1. The first-order valence-electron chi connectivity index (χ1n) is 6.61. The minimum absolute atomic E-state index is 0.306. The maximum atomic E-state index is 11.7. The fourth-order valence-corrected chi connectivity index (χ4v) is 1.96. The van der Waals surface area contributed by atoms with Crippen molar-refractivity contribution < 1.29 is 9.53 Å². The number of nitrogens with one attached hydrogen (secondary N) is 1. The van der Waals surface area contributed by atoms with E-state index in [9.17, 15) is 4.79 Å². The summed E-state index contributed by atoms with van der Waals surface area (Å²) in [7, 11) is 3.94. The molecule has 0 aliphatic carbocycles. The van der Waals surface area contributed by atoms with Gasteiger partial charge in [-0.1, -0.05) is 24.3 Å². The van der Waals surface area contributed by atoms with Crippen molar-refractivity contribution in [2.75, 3.05) is 19.0 Å². The highest BCUT2D eigenvalue weighted by Gasteiger charge is 2.10. The van der Waals surface area contributed by atoms with Crippen LogP contribution in [0.3, 0.4) is 0 Å². The number of nitrogen functional groups attached to an aromatic ring is 1. The number of hydrogen-bond acceptors (Lipinski definition) is 4. The van der Waals surface area contributed by atoms with Gasteiger partial charge in [-0.25, -0.2) is 5.84 Å². The SMILES string of the molecule is CN(C)c1cccc(OCc2ccccc2C(=O)NN)c1. The Morgan fingerprint density at radius 3 is 2.67 bits per heavy atom. The highest BCUT2D eigenvalue weighted by Crippen LogP contribution is 2.21. The monoisotopic (exact) mass is 285 g/mol. The van der Waals surface area contributed by atoms with Gasteiger partial charge in [0, 0.05) is 37.0 Å². The van der Waals surface area contributed by atoms with Crippen LogP contribution in [0.1, 0.15) is 15.9 Å². The minimum Gasteiger partial charge on any atom is -0.489 e. The Morgan fingerprint density at radius 1 is 1.19 bits per heavy atom. The van der Waals surface area contributed by atoms with Crippen LogP contribution in [0.15, 0.2) is 48.5 Å². The van der Waals surface area contributed by atoms with E-state index in [4.69, 9.17) is 10.6 Å². The Labute approximate surface area is 124 Å². The van der Waals surface area contributed by atoms with Crippen molar-refractivity contribution in [2.45, 2.75) is 6.61 Å². The molecule has 2 rings (SSSR count). The number of hydrazine groups is 1. The summed E-state index contributed by atoms with van der Waals surface area (Å²) in [6, 6.07) is 15.0. The molecule has 2 aromatic carbocycles. The third kappa shape index (κ3) is 3.73. The standard InChI is InChI=1S/C16H19N3O2/c1-19(2)13-7-5-8-14(10-13)21-11-12-6-3-4-9-15(12)16(20)18-17/h3-10H,11,17H2,1-2H3,(H,18,20). The van der Waals surface area contributed by atoms with Gasteiger partial charge in [0.05, 0.1) is 0 Å². The molecule has 5 heteroatoms. The molecule has 0 unspecified atom stereocenters. The van der Waals surface area contributed by atoms with E-state index in [1.807, 2.05) is 55.4 Å². The van der Waals surface area contributed by atoms with E-state index >= 15 is 0 Å². The van der Waals surface area contributed by atoms with Crippen molar-refractivity contribution >= 4 is 11.6 Å². The molecule has 110 valence electrons. The van der Waals surface area contributed by atoms with Gasteiger partial charge in [-0.15, -0.1) is 0 Å². The first kappa shape index (κ1) is 14.9. The molecule has 2 aromatic rings. The van der Waals surface area contributed by atoms with Crippen molar-refractivity contribution in [3.05, 3.63) is 59.7 Å². The maximum absolute atomic E-state index is 11.7. The number of anilines is 1. The lowest BCUT2D eigenvalue weighted by Crippen LogP contribution is -2.30. The zero-order valence-electron chi connectivity index (χ0n) is 12.2. The van der Waals surface area contributed by atoms with E-state index in [1.165, 1.54) is 0 Å². The molecule has 0 bridgehead atoms. The summed E-state index contributed by atoms with van der Waals surface area (Å²) in [6.07, 6.45) is 0. The number of carbonyl (C=O) groups is 1. The first-order valence-corrected chi connectivity index (χ1v) is 6.61. The van der Waals surface area contributed by atoms with E-state index in [1.54, 1.807) is 12.1 Å². The third-order valence-corrected chi connectivity index (χ3v) is 3.12. The Morgan fingerprint density at radius 2 is 1.95 bits per heavy atom. The number of hydrogen-bond donors (Lipinski definition) is 2. The van der Waals surface area contributed by atoms with Gasteiger partial charge in [0.2, 0.25) is 0 Å². The zero-order valence-corrected chi connectivity index (χ0v) is 12.2. The number of rotatable bonds is 5. The first-order chi connectivity index (χ1) is 10.1. The maximum Gasteiger partial charge on any atom is 0.265 e. The molecule has 1 amide bonds. The summed E-state index contributed by atoms with van der Waals surface area (Å²) in [5.74, 6) is 5.62. The number of nitrogens with two attached hydrogens (primary N) is 1. The molecule has 21 heavy (non-hydrogen) atoms. The highest BCUT2D eigenvalue weighted by molar-refractivity contribution is 5.95. The van der Waals surface area contributed by atoms with Crippen molar-refractivity contribution in [3.8, 4) is 5.75 Å². The van der Waals surface area contributed by atoms with E-state index in [-0.39, 0.29) is 5.91 Å². The van der Waals surface area contributed by atoms with E-state index < -0.39 is 0 Å². The zero-order chi connectivity index (χ0) is 15.2. The Kier molecular flexibility index (Phi) is 4.79. The number of amides is 1. The number of nitrogens with zero attached hydrogens (tertiary/aromatic N) is 1. The fraction of sp³-hybridized carbons (Fsp3) is 0.188. The molecule has 5 nitrogen and oxygen atoms in total. The highest BCUT2D eigenvalue weighted by atomic mass is 16.5. The van der Waals surface area contributed by atoms with Crippen molar-refractivity contribution in [1.82, 2.24) is 5.43 Å². The van der Waals surface area contributed by atoms with Crippen LogP contribution in [0.25, 0.3) is 0 Å². The Hall–Kier alpha value is -2.53. The fourth-order valence-electron chi connectivity index (χ4n) is 1.96. The lowest BCUT2D eigenvalue weighted by molar-refractivity contribution is 0.0951. The largest absolute Gasteiger partial charge is 0.489 e. The average molecular weight is 285 g/mol. The second-order valence-electron chi connectivity index (χ2n) is 4.81. The van der Waals surface area contributed by atoms with Gasteiger partial charge in [0.15, 0.2) is 0 Å². The van der Waals surface area contributed by atoms with Crippen LogP contribution < -0.4 is 20.9 Å². The van der Waals surface area contributed by atoms with E-state index in [0.717, 1.165) is 17.0 Å². The molecule has 0 atom stereocenters. The number of carbonyl (C=O) groups excluding carboxylic acids is 1. The topological polar surface area (TPSA) is 67.6 Å². The van der Waals surface area contributed by atoms with Gasteiger partial charge >= 0.3 is 0 Å². The molecule has 0 saturated carbocycles. The molecular weight excluding hydrogens is 266 g/mol. The second kappa shape index (κ2) is 6.76. The number of ether oxygens (including phenoxy) is 1. The van der Waals surface area contributed by atoms with Crippen LogP contribution >= 0.6 is 0 Å². The van der Waals surface area contributed by atoms with Crippen molar-refractivity contribution in [1.29, 1.82) is 0 Å². The van der Waals surface area contributed by atoms with Crippen LogP contribution in [0.2, 0.25) is 0 Å². The van der Waals surface area contributed by atoms with Crippen LogP contribution in [0.4, 0.5) is 5.69 Å². The molecule has 3 N–H and O–H groups in total. The molecule has 0 fully saturated rings. The van der Waals surface area contributed by atoms with Crippen molar-refractivity contribution in [3.63, 3.8) is 0 Å². The van der Waals surface area contributed by atoms with Gasteiger partial charge < -0.3 is 9.64 Å². The van der Waals surface area contributed by atoms with Gasteiger partial charge in [-0.05, 0) is 18.2 Å². The van der Waals surface area contributed by atoms with Crippen LogP contribution in [-0.4, -0.2) is 20.0 Å². The molecule has 0 heterocycles. The summed E-state index contributed by atoms with van der Waals surface area (Å²) >= 11 is 0. The molecule has 0 aromatic heterocycles. The lowest BCUT2D eigenvalue weighted by Gasteiger charge is -2.14. The molecule has 0 radical (unpaired) electrons. The van der Waals surface area contributed by atoms with Gasteiger partial charge in [-0.3, -0.25) is 10.2 Å². The third-order valence-electron chi connectivity index (χ3n) is 3.12. The summed E-state index contributed by atoms with van der Waals surface area (Å²) in [4.78, 5) is 13.7. The van der Waals surface area contributed by atoms with Gasteiger partial charge in [0.25, 0.3) is 5.91 Å². The predicted molar refractivity (Wildman–Crippen MR) is 83.2 cm³/mol. The Bertz CT molecular complexity index is 626. The van der Waals surface area contributed by atoms with Crippen LogP contribution in [-0.2, 0) is 6.61 Å². The predicted octanol–water partition coefficient (Wildman–Crippen LogP) is 1.94. The average Bonchev–Trinajstić information content (AvgIpc) is 2.52. The van der Waals surface area contributed by atoms with Gasteiger partial charge in [-0.2, -0.15) is 0 Å². The summed E-state index contributed by atoms with van der Waals surface area (Å²) in [6.45, 7) is 0.306. The van der Waals surface area contributed by atoms with Crippen LogP contribution in [0.5, 0.6) is 5.75 Å². The normalized spacial score (nSPS) is 10.0. The smallest absolute Gasteiger partial charge is 0.265 e. The Balaban J connectivity index is 2.13.